The van der Waals surface area contributed by atoms with Crippen molar-refractivity contribution in [2.45, 2.75) is 51.4 Å². The van der Waals surface area contributed by atoms with Crippen LogP contribution >= 0.6 is 0 Å². The van der Waals surface area contributed by atoms with Crippen LogP contribution < -0.4 is 15.8 Å². The maximum atomic E-state index is 10.8. The number of hydrogen-bond acceptors (Lipinski definition) is 4. The molecule has 1 saturated heterocycles. The number of ether oxygens (including phenoxy) is 2. The Labute approximate surface area is 125 Å². The lowest BCUT2D eigenvalue weighted by Crippen LogP contribution is -2.37. The fourth-order valence-electron chi connectivity index (χ4n) is 2.72. The van der Waals surface area contributed by atoms with E-state index in [9.17, 15) is 4.79 Å². The first kappa shape index (κ1) is 15.6. The normalized spacial score (nSPS) is 25.3. The van der Waals surface area contributed by atoms with E-state index in [1.54, 1.807) is 0 Å². The molecule has 5 nitrogen and oxygen atoms in total. The predicted molar refractivity (Wildman–Crippen MR) is 82.4 cm³/mol. The van der Waals surface area contributed by atoms with Crippen LogP contribution in [0.3, 0.4) is 0 Å². The largest absolute Gasteiger partial charge is 0.491 e. The van der Waals surface area contributed by atoms with Gasteiger partial charge in [-0.3, -0.25) is 4.79 Å². The van der Waals surface area contributed by atoms with Gasteiger partial charge < -0.3 is 20.5 Å². The highest BCUT2D eigenvalue weighted by Crippen LogP contribution is 2.28. The molecule has 0 saturated carbocycles. The van der Waals surface area contributed by atoms with Crippen molar-refractivity contribution in [3.05, 3.63) is 24.3 Å². The highest BCUT2D eigenvalue weighted by molar-refractivity contribution is 5.73. The zero-order valence-electron chi connectivity index (χ0n) is 12.7. The van der Waals surface area contributed by atoms with E-state index in [1.807, 2.05) is 24.3 Å². The number of nitrogens with two attached hydrogens (primary N) is 1. The van der Waals surface area contributed by atoms with E-state index in [-0.39, 0.29) is 24.5 Å². The summed E-state index contributed by atoms with van der Waals surface area (Å²) in [4.78, 5) is 10.8. The Morgan fingerprint density at radius 1 is 1.33 bits per heavy atom. The number of carbonyl (C=O) groups excluding carboxylic acids is 1. The minimum atomic E-state index is -0.354. The summed E-state index contributed by atoms with van der Waals surface area (Å²) >= 11 is 0. The number of amides is 1. The van der Waals surface area contributed by atoms with Gasteiger partial charge in [0.25, 0.3) is 0 Å². The van der Waals surface area contributed by atoms with E-state index in [2.05, 4.69) is 19.2 Å². The van der Waals surface area contributed by atoms with E-state index in [1.165, 1.54) is 0 Å². The van der Waals surface area contributed by atoms with Crippen LogP contribution in [-0.2, 0) is 9.53 Å². The van der Waals surface area contributed by atoms with Crippen LogP contribution in [0.25, 0.3) is 0 Å². The van der Waals surface area contributed by atoms with Crippen LogP contribution in [-0.4, -0.2) is 30.8 Å². The molecular formula is C16H24N2O3. The number of para-hydroxylation sites is 2. The van der Waals surface area contributed by atoms with Crippen molar-refractivity contribution in [2.75, 3.05) is 11.9 Å². The molecule has 3 N–H and O–H groups in total. The molecule has 0 aromatic heterocycles. The van der Waals surface area contributed by atoms with Crippen LogP contribution in [0.1, 0.15) is 33.1 Å². The lowest BCUT2D eigenvalue weighted by atomic mass is 9.99. The molecule has 1 aliphatic heterocycles. The first-order valence-electron chi connectivity index (χ1n) is 7.46. The Bertz CT molecular complexity index is 468. The summed E-state index contributed by atoms with van der Waals surface area (Å²) in [6.45, 7) is 4.49. The maximum absolute atomic E-state index is 10.8. The molecule has 21 heavy (non-hydrogen) atoms. The second kappa shape index (κ2) is 7.31. The molecule has 0 spiro atoms. The van der Waals surface area contributed by atoms with Crippen molar-refractivity contribution in [3.8, 4) is 5.75 Å². The molecule has 1 aromatic carbocycles. The Hall–Kier alpha value is -1.75. The van der Waals surface area contributed by atoms with Gasteiger partial charge in [-0.25, -0.2) is 0 Å². The van der Waals surface area contributed by atoms with Crippen molar-refractivity contribution in [3.63, 3.8) is 0 Å². The van der Waals surface area contributed by atoms with E-state index in [4.69, 9.17) is 15.2 Å². The predicted octanol–water partition coefficient (Wildman–Crippen LogP) is 2.31. The van der Waals surface area contributed by atoms with Crippen LogP contribution in [0.4, 0.5) is 5.69 Å². The molecular weight excluding hydrogens is 268 g/mol. The molecule has 0 aliphatic carbocycles. The zero-order valence-corrected chi connectivity index (χ0v) is 12.7. The van der Waals surface area contributed by atoms with E-state index in [0.29, 0.717) is 12.6 Å². The molecule has 2 rings (SSSR count). The van der Waals surface area contributed by atoms with Crippen molar-refractivity contribution in [1.82, 2.24) is 0 Å². The zero-order chi connectivity index (χ0) is 15.2. The monoisotopic (exact) mass is 292 g/mol. The summed E-state index contributed by atoms with van der Waals surface area (Å²) in [6.07, 6.45) is 2.68. The third kappa shape index (κ3) is 4.93. The Morgan fingerprint density at radius 3 is 2.67 bits per heavy atom. The number of primary amides is 1. The summed E-state index contributed by atoms with van der Waals surface area (Å²) in [6, 6.07) is 8.14. The fourth-order valence-corrected chi connectivity index (χ4v) is 2.72. The molecule has 1 aromatic rings. The van der Waals surface area contributed by atoms with Gasteiger partial charge in [-0.15, -0.1) is 0 Å². The van der Waals surface area contributed by atoms with Crippen LogP contribution in [0.15, 0.2) is 24.3 Å². The minimum absolute atomic E-state index is 0.222. The van der Waals surface area contributed by atoms with Gasteiger partial charge in [-0.05, 0) is 38.8 Å². The van der Waals surface area contributed by atoms with Crippen LogP contribution in [0.5, 0.6) is 5.75 Å². The highest BCUT2D eigenvalue weighted by atomic mass is 16.5. The van der Waals surface area contributed by atoms with Crippen molar-refractivity contribution >= 4 is 11.6 Å². The summed E-state index contributed by atoms with van der Waals surface area (Å²) in [7, 11) is 0. The van der Waals surface area contributed by atoms with Crippen molar-refractivity contribution in [2.24, 2.45) is 5.73 Å². The molecule has 1 heterocycles. The quantitative estimate of drug-likeness (QED) is 0.844. The molecule has 1 amide bonds. The number of benzene rings is 1. The number of anilines is 1. The SMILES string of the molecule is CC1CC(Nc2ccccc2OCCC(N)=O)CC(C)O1. The summed E-state index contributed by atoms with van der Waals surface area (Å²) in [5.41, 5.74) is 6.08. The Morgan fingerprint density at radius 2 is 2.00 bits per heavy atom. The van der Waals surface area contributed by atoms with E-state index >= 15 is 0 Å². The third-order valence-electron chi connectivity index (χ3n) is 3.55. The van der Waals surface area contributed by atoms with E-state index in [0.717, 1.165) is 24.3 Å². The maximum Gasteiger partial charge on any atom is 0.220 e. The first-order valence-corrected chi connectivity index (χ1v) is 7.46. The van der Waals surface area contributed by atoms with Crippen LogP contribution in [0, 0.1) is 0 Å². The van der Waals surface area contributed by atoms with Gasteiger partial charge >= 0.3 is 0 Å². The third-order valence-corrected chi connectivity index (χ3v) is 3.55. The second-order valence-corrected chi connectivity index (χ2v) is 5.63. The van der Waals surface area contributed by atoms with Gasteiger partial charge in [-0.1, -0.05) is 12.1 Å². The summed E-state index contributed by atoms with van der Waals surface area (Å²) in [5, 5.41) is 3.53. The summed E-state index contributed by atoms with van der Waals surface area (Å²) < 4.78 is 11.4. The smallest absolute Gasteiger partial charge is 0.220 e. The molecule has 1 aliphatic rings. The van der Waals surface area contributed by atoms with Gasteiger partial charge in [0.05, 0.1) is 30.9 Å². The summed E-state index contributed by atoms with van der Waals surface area (Å²) in [5.74, 6) is 0.401. The first-order chi connectivity index (χ1) is 10.0. The van der Waals surface area contributed by atoms with Gasteiger partial charge in [-0.2, -0.15) is 0 Å². The van der Waals surface area contributed by atoms with Gasteiger partial charge in [0.15, 0.2) is 0 Å². The Kier molecular flexibility index (Phi) is 5.44. The highest BCUT2D eigenvalue weighted by Gasteiger charge is 2.24. The van der Waals surface area contributed by atoms with Gasteiger partial charge in [0.2, 0.25) is 5.91 Å². The second-order valence-electron chi connectivity index (χ2n) is 5.63. The fraction of sp³-hybridized carbons (Fsp3) is 0.562. The van der Waals surface area contributed by atoms with Gasteiger partial charge in [0.1, 0.15) is 5.75 Å². The number of nitrogens with one attached hydrogen (secondary N) is 1. The van der Waals surface area contributed by atoms with Crippen molar-refractivity contribution < 1.29 is 14.3 Å². The average Bonchev–Trinajstić information content (AvgIpc) is 2.39. The van der Waals surface area contributed by atoms with Crippen molar-refractivity contribution in [1.29, 1.82) is 0 Å². The van der Waals surface area contributed by atoms with Crippen LogP contribution in [0.2, 0.25) is 0 Å². The topological polar surface area (TPSA) is 73.6 Å². The molecule has 2 atom stereocenters. The van der Waals surface area contributed by atoms with Gasteiger partial charge in [0, 0.05) is 6.04 Å². The lowest BCUT2D eigenvalue weighted by molar-refractivity contribution is -0.118. The molecule has 0 bridgehead atoms. The number of rotatable bonds is 6. The molecule has 1 fully saturated rings. The molecule has 2 unspecified atom stereocenters. The lowest BCUT2D eigenvalue weighted by Gasteiger charge is -2.33. The number of carbonyl (C=O) groups is 1. The number of hydrogen-bond donors (Lipinski definition) is 2. The standard InChI is InChI=1S/C16H24N2O3/c1-11-9-13(10-12(2)21-11)18-14-5-3-4-6-15(14)20-8-7-16(17)19/h3-6,11-13,18H,7-10H2,1-2H3,(H2,17,19). The average molecular weight is 292 g/mol. The minimum Gasteiger partial charge on any atom is -0.491 e. The van der Waals surface area contributed by atoms with E-state index < -0.39 is 0 Å². The molecule has 0 radical (unpaired) electrons. The molecule has 116 valence electrons. The Balaban J connectivity index is 1.97. The molecule has 5 heteroatoms.